The highest BCUT2D eigenvalue weighted by Gasteiger charge is 2.13. The second kappa shape index (κ2) is 8.68. The van der Waals surface area contributed by atoms with E-state index >= 15 is 0 Å². The van der Waals surface area contributed by atoms with Gasteiger partial charge in [-0.25, -0.2) is 4.79 Å². The second-order valence-corrected chi connectivity index (χ2v) is 5.07. The van der Waals surface area contributed by atoms with E-state index in [1.807, 2.05) is 0 Å². The summed E-state index contributed by atoms with van der Waals surface area (Å²) in [7, 11) is 6.21. The van der Waals surface area contributed by atoms with Crippen LogP contribution in [0.25, 0.3) is 0 Å². The van der Waals surface area contributed by atoms with Crippen LogP contribution in [0.15, 0.2) is 36.4 Å². The molecule has 0 atom stereocenters. The maximum Gasteiger partial charge on any atom is 0.319 e. The number of carbonyl (C=O) groups excluding carboxylic acids is 1. The average Bonchev–Trinajstić information content (AvgIpc) is 2.65. The van der Waals surface area contributed by atoms with Crippen molar-refractivity contribution >= 4 is 11.7 Å². The van der Waals surface area contributed by atoms with Crippen LogP contribution in [-0.4, -0.2) is 34.5 Å². The summed E-state index contributed by atoms with van der Waals surface area (Å²) in [6.45, 7) is 0.298. The number of hydrogen-bond acceptors (Lipinski definition) is 5. The molecule has 7 heteroatoms. The highest BCUT2D eigenvalue weighted by molar-refractivity contribution is 5.89. The molecule has 2 rings (SSSR count). The molecule has 134 valence electrons. The van der Waals surface area contributed by atoms with E-state index < -0.39 is 0 Å². The summed E-state index contributed by atoms with van der Waals surface area (Å²) in [6, 6.07) is 10.4. The number of nitrogens with one attached hydrogen (secondary N) is 2. The van der Waals surface area contributed by atoms with Gasteiger partial charge in [0.25, 0.3) is 0 Å². The summed E-state index contributed by atoms with van der Waals surface area (Å²) in [5.41, 5.74) is 1.46. The maximum absolute atomic E-state index is 12.1. The molecule has 0 aliphatic carbocycles. The maximum atomic E-state index is 12.1. The zero-order valence-corrected chi connectivity index (χ0v) is 14.7. The van der Waals surface area contributed by atoms with Gasteiger partial charge in [0.1, 0.15) is 5.75 Å². The minimum atomic E-state index is -0.331. The molecule has 0 spiro atoms. The van der Waals surface area contributed by atoms with Crippen molar-refractivity contribution in [1.29, 1.82) is 0 Å². The fraction of sp³-hybridized carbons (Fsp3) is 0.278. The van der Waals surface area contributed by atoms with Gasteiger partial charge in [-0.2, -0.15) is 0 Å². The smallest absolute Gasteiger partial charge is 0.319 e. The average molecular weight is 346 g/mol. The predicted molar refractivity (Wildman–Crippen MR) is 95.0 cm³/mol. The van der Waals surface area contributed by atoms with Gasteiger partial charge in [-0.05, 0) is 29.8 Å². The second-order valence-electron chi connectivity index (χ2n) is 5.07. The number of amides is 2. The monoisotopic (exact) mass is 346 g/mol. The molecule has 0 bridgehead atoms. The molecule has 0 aliphatic rings. The Hall–Kier alpha value is -3.09. The fourth-order valence-corrected chi connectivity index (χ4v) is 2.30. The molecule has 0 aromatic heterocycles. The zero-order chi connectivity index (χ0) is 18.2. The molecule has 2 amide bonds. The summed E-state index contributed by atoms with van der Waals surface area (Å²) >= 11 is 0. The summed E-state index contributed by atoms with van der Waals surface area (Å²) in [5.74, 6) is 2.25. The number of carbonyl (C=O) groups is 1. The van der Waals surface area contributed by atoms with Crippen LogP contribution in [-0.2, 0) is 6.54 Å². The number of methoxy groups -OCH3 is 4. The lowest BCUT2D eigenvalue weighted by atomic mass is 10.2. The van der Waals surface area contributed by atoms with E-state index in [2.05, 4.69) is 10.6 Å². The molecule has 2 aromatic carbocycles. The van der Waals surface area contributed by atoms with Gasteiger partial charge >= 0.3 is 6.03 Å². The molecule has 0 saturated carbocycles. The molecule has 2 N–H and O–H groups in total. The van der Waals surface area contributed by atoms with Crippen molar-refractivity contribution in [3.63, 3.8) is 0 Å². The van der Waals surface area contributed by atoms with Crippen molar-refractivity contribution in [1.82, 2.24) is 5.32 Å². The largest absolute Gasteiger partial charge is 0.497 e. The first-order valence-electron chi connectivity index (χ1n) is 7.59. The molecule has 0 heterocycles. The van der Waals surface area contributed by atoms with Gasteiger partial charge in [-0.3, -0.25) is 0 Å². The van der Waals surface area contributed by atoms with Crippen LogP contribution in [0, 0.1) is 0 Å². The minimum Gasteiger partial charge on any atom is -0.497 e. The summed E-state index contributed by atoms with van der Waals surface area (Å²) in [4.78, 5) is 12.1. The van der Waals surface area contributed by atoms with E-state index in [-0.39, 0.29) is 6.03 Å². The molecule has 0 aliphatic heterocycles. The number of anilines is 1. The van der Waals surface area contributed by atoms with Crippen LogP contribution < -0.4 is 29.6 Å². The van der Waals surface area contributed by atoms with Crippen LogP contribution in [0.1, 0.15) is 5.56 Å². The standard InChI is InChI=1S/C18H22N2O5/c1-22-14-7-5-6-13(10-14)20-18(21)19-11-12-8-15(23-2)17(25-4)16(9-12)24-3/h5-10H,11H2,1-4H3,(H2,19,20,21). The van der Waals surface area contributed by atoms with E-state index in [1.54, 1.807) is 64.8 Å². The topological polar surface area (TPSA) is 78.1 Å². The number of benzene rings is 2. The number of hydrogen-bond donors (Lipinski definition) is 2. The predicted octanol–water partition coefficient (Wildman–Crippen LogP) is 3.04. The first-order chi connectivity index (χ1) is 12.1. The highest BCUT2D eigenvalue weighted by atomic mass is 16.5. The van der Waals surface area contributed by atoms with Crippen LogP contribution in [0.3, 0.4) is 0 Å². The Kier molecular flexibility index (Phi) is 6.33. The van der Waals surface area contributed by atoms with E-state index in [0.717, 1.165) is 5.56 Å². The van der Waals surface area contributed by atoms with Crippen LogP contribution >= 0.6 is 0 Å². The van der Waals surface area contributed by atoms with Gasteiger partial charge in [0, 0.05) is 18.3 Å². The molecule has 0 saturated heterocycles. The number of rotatable bonds is 7. The Balaban J connectivity index is 2.03. The number of urea groups is 1. The van der Waals surface area contributed by atoms with Gasteiger partial charge < -0.3 is 29.6 Å². The van der Waals surface area contributed by atoms with Gasteiger partial charge in [0.2, 0.25) is 5.75 Å². The van der Waals surface area contributed by atoms with E-state index in [0.29, 0.717) is 35.2 Å². The van der Waals surface area contributed by atoms with Crippen molar-refractivity contribution in [2.24, 2.45) is 0 Å². The van der Waals surface area contributed by atoms with Crippen molar-refractivity contribution in [3.8, 4) is 23.0 Å². The normalized spacial score (nSPS) is 9.92. The molecule has 0 unspecified atom stereocenters. The molecule has 7 nitrogen and oxygen atoms in total. The van der Waals surface area contributed by atoms with Crippen LogP contribution in [0.2, 0.25) is 0 Å². The Bertz CT molecular complexity index is 708. The third-order valence-electron chi connectivity index (χ3n) is 3.51. The Labute approximate surface area is 146 Å². The molecule has 25 heavy (non-hydrogen) atoms. The van der Waals surface area contributed by atoms with Gasteiger partial charge in [-0.15, -0.1) is 0 Å². The summed E-state index contributed by atoms with van der Waals surface area (Å²) in [5, 5.41) is 5.53. The Morgan fingerprint density at radius 2 is 1.60 bits per heavy atom. The SMILES string of the molecule is COc1cccc(NC(=O)NCc2cc(OC)c(OC)c(OC)c2)c1. The third-order valence-corrected chi connectivity index (χ3v) is 3.51. The number of ether oxygens (including phenoxy) is 4. The first-order valence-corrected chi connectivity index (χ1v) is 7.59. The van der Waals surface area contributed by atoms with Crippen LogP contribution in [0.5, 0.6) is 23.0 Å². The lowest BCUT2D eigenvalue weighted by Gasteiger charge is -2.14. The summed E-state index contributed by atoms with van der Waals surface area (Å²) in [6.07, 6.45) is 0. The van der Waals surface area contributed by atoms with Gasteiger partial charge in [0.15, 0.2) is 11.5 Å². The molecular formula is C18H22N2O5. The van der Waals surface area contributed by atoms with Crippen LogP contribution in [0.4, 0.5) is 10.5 Å². The van der Waals surface area contributed by atoms with E-state index in [4.69, 9.17) is 18.9 Å². The lowest BCUT2D eigenvalue weighted by molar-refractivity contribution is 0.251. The Morgan fingerprint density at radius 1 is 0.920 bits per heavy atom. The first kappa shape index (κ1) is 18.3. The van der Waals surface area contributed by atoms with E-state index in [1.165, 1.54) is 0 Å². The lowest BCUT2D eigenvalue weighted by Crippen LogP contribution is -2.28. The third kappa shape index (κ3) is 4.69. The summed E-state index contributed by atoms with van der Waals surface area (Å²) < 4.78 is 21.0. The van der Waals surface area contributed by atoms with Crippen molar-refractivity contribution in [2.45, 2.75) is 6.54 Å². The van der Waals surface area contributed by atoms with Crippen molar-refractivity contribution in [2.75, 3.05) is 33.8 Å². The Morgan fingerprint density at radius 3 is 2.16 bits per heavy atom. The zero-order valence-electron chi connectivity index (χ0n) is 14.7. The molecule has 2 aromatic rings. The quantitative estimate of drug-likeness (QED) is 0.806. The highest BCUT2D eigenvalue weighted by Crippen LogP contribution is 2.38. The fourth-order valence-electron chi connectivity index (χ4n) is 2.30. The van der Waals surface area contributed by atoms with Crippen molar-refractivity contribution in [3.05, 3.63) is 42.0 Å². The minimum absolute atomic E-state index is 0.298. The molecular weight excluding hydrogens is 324 g/mol. The molecule has 0 fully saturated rings. The van der Waals surface area contributed by atoms with Gasteiger partial charge in [0.05, 0.1) is 28.4 Å². The van der Waals surface area contributed by atoms with Gasteiger partial charge in [-0.1, -0.05) is 6.07 Å². The van der Waals surface area contributed by atoms with E-state index in [9.17, 15) is 4.79 Å². The molecule has 0 radical (unpaired) electrons. The van der Waals surface area contributed by atoms with Crippen molar-refractivity contribution < 1.29 is 23.7 Å².